The van der Waals surface area contributed by atoms with E-state index in [1.807, 2.05) is 22.8 Å². The Morgan fingerprint density at radius 3 is 2.77 bits per heavy atom. The zero-order valence-corrected chi connectivity index (χ0v) is 18.5. The van der Waals surface area contributed by atoms with Gasteiger partial charge in [-0.15, -0.1) is 10.2 Å². The van der Waals surface area contributed by atoms with Gasteiger partial charge in [0, 0.05) is 31.9 Å². The predicted octanol–water partition coefficient (Wildman–Crippen LogP) is 3.50. The van der Waals surface area contributed by atoms with Crippen molar-refractivity contribution in [3.63, 3.8) is 0 Å². The van der Waals surface area contributed by atoms with Crippen LogP contribution in [-0.4, -0.2) is 52.2 Å². The maximum atomic E-state index is 12.2. The van der Waals surface area contributed by atoms with E-state index in [-0.39, 0.29) is 17.7 Å². The van der Waals surface area contributed by atoms with Gasteiger partial charge in [-0.2, -0.15) is 0 Å². The summed E-state index contributed by atoms with van der Waals surface area (Å²) in [6.45, 7) is 1.21. The fraction of sp³-hybridized carbons (Fsp3) is 0.500. The van der Waals surface area contributed by atoms with Crippen LogP contribution in [0.25, 0.3) is 11.4 Å². The van der Waals surface area contributed by atoms with Crippen molar-refractivity contribution in [2.75, 3.05) is 19.5 Å². The van der Waals surface area contributed by atoms with Gasteiger partial charge in [-0.3, -0.25) is 10.1 Å². The average molecular weight is 452 g/mol. The molecule has 0 unspecified atom stereocenters. The van der Waals surface area contributed by atoms with E-state index in [1.165, 1.54) is 11.8 Å². The Morgan fingerprint density at radius 1 is 1.27 bits per heavy atom. The molecule has 0 bridgehead atoms. The van der Waals surface area contributed by atoms with E-state index >= 15 is 0 Å². The number of rotatable bonds is 9. The fourth-order valence-corrected chi connectivity index (χ4v) is 4.38. The van der Waals surface area contributed by atoms with E-state index in [2.05, 4.69) is 20.8 Å². The standard InChI is InChI=1S/C20H26ClN5O3S/c1-29-12-6-11-26-18(15-9-4-5-10-16(15)21)24-25-20(26)30-13-17(27)23-19(28)22-14-7-2-3-8-14/h4-5,9-10,14H,2-3,6-8,11-13H2,1H3,(H2,22,23,27,28). The molecule has 2 N–H and O–H groups in total. The van der Waals surface area contributed by atoms with E-state index < -0.39 is 6.03 Å². The van der Waals surface area contributed by atoms with Gasteiger partial charge in [-0.25, -0.2) is 4.79 Å². The lowest BCUT2D eigenvalue weighted by Gasteiger charge is -2.12. The Morgan fingerprint density at radius 2 is 2.03 bits per heavy atom. The average Bonchev–Trinajstić information content (AvgIpc) is 3.37. The van der Waals surface area contributed by atoms with Crippen LogP contribution in [0.4, 0.5) is 4.79 Å². The van der Waals surface area contributed by atoms with Crippen molar-refractivity contribution in [1.29, 1.82) is 0 Å². The minimum absolute atomic E-state index is 0.0586. The minimum atomic E-state index is -0.439. The molecule has 1 aromatic carbocycles. The fourth-order valence-electron chi connectivity index (χ4n) is 3.39. The van der Waals surface area contributed by atoms with Gasteiger partial charge in [0.25, 0.3) is 0 Å². The third-order valence-corrected chi connectivity index (χ3v) is 6.13. The molecule has 0 atom stereocenters. The molecule has 0 radical (unpaired) electrons. The summed E-state index contributed by atoms with van der Waals surface area (Å²) in [5, 5.41) is 14.9. The molecular weight excluding hydrogens is 426 g/mol. The highest BCUT2D eigenvalue weighted by Gasteiger charge is 2.20. The largest absolute Gasteiger partial charge is 0.385 e. The number of aromatic nitrogens is 3. The summed E-state index contributed by atoms with van der Waals surface area (Å²) in [4.78, 5) is 24.2. The summed E-state index contributed by atoms with van der Waals surface area (Å²) in [6.07, 6.45) is 4.91. The van der Waals surface area contributed by atoms with Crippen molar-refractivity contribution in [3.05, 3.63) is 29.3 Å². The third-order valence-electron chi connectivity index (χ3n) is 4.84. The number of thioether (sulfide) groups is 1. The molecule has 1 aliphatic rings. The third kappa shape index (κ3) is 6.20. The van der Waals surface area contributed by atoms with Gasteiger partial charge in [-0.1, -0.05) is 48.3 Å². The number of hydrogen-bond donors (Lipinski definition) is 2. The Labute approximate surface area is 185 Å². The molecule has 30 heavy (non-hydrogen) atoms. The zero-order valence-electron chi connectivity index (χ0n) is 16.9. The molecule has 0 saturated heterocycles. The van der Waals surface area contributed by atoms with Crippen LogP contribution in [0, 0.1) is 0 Å². The number of nitrogens with one attached hydrogen (secondary N) is 2. The molecule has 3 amide bonds. The number of hydrogen-bond acceptors (Lipinski definition) is 6. The van der Waals surface area contributed by atoms with Crippen molar-refractivity contribution in [2.24, 2.45) is 0 Å². The highest BCUT2D eigenvalue weighted by Crippen LogP contribution is 2.29. The van der Waals surface area contributed by atoms with E-state index in [9.17, 15) is 9.59 Å². The molecule has 1 aromatic heterocycles. The first kappa shape index (κ1) is 22.6. The molecule has 0 spiro atoms. The highest BCUT2D eigenvalue weighted by atomic mass is 35.5. The lowest BCUT2D eigenvalue weighted by molar-refractivity contribution is -0.117. The van der Waals surface area contributed by atoms with Gasteiger partial charge in [0.1, 0.15) is 0 Å². The molecule has 2 aromatic rings. The van der Waals surface area contributed by atoms with Gasteiger partial charge in [0.05, 0.1) is 10.8 Å². The number of nitrogens with zero attached hydrogens (tertiary/aromatic N) is 3. The summed E-state index contributed by atoms with van der Waals surface area (Å²) in [7, 11) is 1.65. The Balaban J connectivity index is 1.63. The van der Waals surface area contributed by atoms with Crippen molar-refractivity contribution < 1.29 is 14.3 Å². The lowest BCUT2D eigenvalue weighted by atomic mass is 10.2. The number of methoxy groups -OCH3 is 1. The number of urea groups is 1. The number of imide groups is 1. The van der Waals surface area contributed by atoms with Crippen molar-refractivity contribution >= 4 is 35.3 Å². The van der Waals surface area contributed by atoms with Crippen molar-refractivity contribution in [3.8, 4) is 11.4 Å². The van der Waals surface area contributed by atoms with Crippen molar-refractivity contribution in [1.82, 2.24) is 25.4 Å². The van der Waals surface area contributed by atoms with Gasteiger partial charge in [0.15, 0.2) is 11.0 Å². The second-order valence-corrected chi connectivity index (χ2v) is 8.43. The number of carbonyl (C=O) groups excluding carboxylic acids is 2. The number of benzene rings is 1. The summed E-state index contributed by atoms with van der Waals surface area (Å²) in [5.41, 5.74) is 0.774. The van der Waals surface area contributed by atoms with E-state index in [1.54, 1.807) is 13.2 Å². The monoisotopic (exact) mass is 451 g/mol. The Bertz CT molecular complexity index is 870. The molecule has 1 heterocycles. The SMILES string of the molecule is COCCCn1c(SCC(=O)NC(=O)NC2CCCC2)nnc1-c1ccccc1Cl. The second-order valence-electron chi connectivity index (χ2n) is 7.08. The molecule has 162 valence electrons. The first-order valence-corrected chi connectivity index (χ1v) is 11.3. The summed E-state index contributed by atoms with van der Waals surface area (Å²) >= 11 is 7.57. The first-order chi connectivity index (χ1) is 14.6. The predicted molar refractivity (Wildman–Crippen MR) is 117 cm³/mol. The molecule has 0 aliphatic heterocycles. The van der Waals surface area contributed by atoms with E-state index in [0.717, 1.165) is 37.7 Å². The van der Waals surface area contributed by atoms with Gasteiger partial charge in [-0.05, 0) is 31.4 Å². The second kappa shape index (κ2) is 11.3. The highest BCUT2D eigenvalue weighted by molar-refractivity contribution is 7.99. The van der Waals surface area contributed by atoms with Crippen LogP contribution >= 0.6 is 23.4 Å². The topological polar surface area (TPSA) is 98.1 Å². The summed E-state index contributed by atoms with van der Waals surface area (Å²) < 4.78 is 7.08. The number of amides is 3. The number of halogens is 1. The molecule has 1 fully saturated rings. The van der Waals surface area contributed by atoms with E-state index in [4.69, 9.17) is 16.3 Å². The zero-order chi connectivity index (χ0) is 21.3. The normalized spacial score (nSPS) is 14.1. The maximum absolute atomic E-state index is 12.2. The molecule has 3 rings (SSSR count). The number of ether oxygens (including phenoxy) is 1. The van der Waals surface area contributed by atoms with Gasteiger partial charge >= 0.3 is 6.03 Å². The van der Waals surface area contributed by atoms with Crippen LogP contribution in [0.5, 0.6) is 0 Å². The molecule has 8 nitrogen and oxygen atoms in total. The maximum Gasteiger partial charge on any atom is 0.321 e. The molecule has 1 saturated carbocycles. The van der Waals surface area contributed by atoms with Crippen LogP contribution in [0.2, 0.25) is 5.02 Å². The summed E-state index contributed by atoms with van der Waals surface area (Å²) in [5.74, 6) is 0.322. The summed E-state index contributed by atoms with van der Waals surface area (Å²) in [6, 6.07) is 7.15. The minimum Gasteiger partial charge on any atom is -0.385 e. The lowest BCUT2D eigenvalue weighted by Crippen LogP contribution is -2.44. The Hall–Kier alpha value is -2.10. The van der Waals surface area contributed by atoms with Gasteiger partial charge < -0.3 is 14.6 Å². The van der Waals surface area contributed by atoms with Crippen LogP contribution in [0.3, 0.4) is 0 Å². The van der Waals surface area contributed by atoms with Crippen LogP contribution in [-0.2, 0) is 16.1 Å². The molecule has 10 heteroatoms. The first-order valence-electron chi connectivity index (χ1n) is 9.98. The van der Waals surface area contributed by atoms with Crippen LogP contribution < -0.4 is 10.6 Å². The quantitative estimate of drug-likeness (QED) is 0.447. The van der Waals surface area contributed by atoms with Crippen LogP contribution in [0.1, 0.15) is 32.1 Å². The number of carbonyl (C=O) groups is 2. The van der Waals surface area contributed by atoms with E-state index in [0.29, 0.717) is 29.2 Å². The van der Waals surface area contributed by atoms with Crippen LogP contribution in [0.15, 0.2) is 29.4 Å². The van der Waals surface area contributed by atoms with Gasteiger partial charge in [0.2, 0.25) is 5.91 Å². The molecule has 1 aliphatic carbocycles. The smallest absolute Gasteiger partial charge is 0.321 e. The molecular formula is C20H26ClN5O3S. The van der Waals surface area contributed by atoms with Crippen molar-refractivity contribution in [2.45, 2.75) is 49.8 Å². The Kier molecular flexibility index (Phi) is 8.53.